The van der Waals surface area contributed by atoms with Crippen LogP contribution < -0.4 is 5.59 Å². The zero-order valence-corrected chi connectivity index (χ0v) is 7.90. The van der Waals surface area contributed by atoms with Gasteiger partial charge in [0.2, 0.25) is 5.97 Å². The van der Waals surface area contributed by atoms with Crippen molar-refractivity contribution in [3.05, 3.63) is 35.4 Å². The first-order valence-corrected chi connectivity index (χ1v) is 4.00. The third-order valence-electron chi connectivity index (χ3n) is 1.70. The van der Waals surface area contributed by atoms with Gasteiger partial charge < -0.3 is 4.74 Å². The van der Waals surface area contributed by atoms with Gasteiger partial charge in [0, 0.05) is 5.56 Å². The van der Waals surface area contributed by atoms with Gasteiger partial charge in [-0.3, -0.25) is 5.21 Å². The Hall–Kier alpha value is -1.95. The molecule has 2 N–H and O–H groups in total. The maximum absolute atomic E-state index is 13.2. The second kappa shape index (κ2) is 5.06. The SMILES string of the molecule is COC(=O)c1ccccc1/C(F)=N/NO. The number of rotatable bonds is 3. The second-order valence-corrected chi connectivity index (χ2v) is 2.54. The summed E-state index contributed by atoms with van der Waals surface area (Å²) in [4.78, 5) is 11.2. The minimum atomic E-state index is -1.00. The fraction of sp³-hybridized carbons (Fsp3) is 0.111. The van der Waals surface area contributed by atoms with Crippen LogP contribution in [0.3, 0.4) is 0 Å². The van der Waals surface area contributed by atoms with Gasteiger partial charge in [-0.25, -0.2) is 4.79 Å². The van der Waals surface area contributed by atoms with Crippen LogP contribution in [0.25, 0.3) is 0 Å². The number of carbonyl (C=O) groups excluding carboxylic acids is 1. The Bertz CT molecular complexity index is 393. The van der Waals surface area contributed by atoms with Gasteiger partial charge in [0.15, 0.2) is 0 Å². The molecule has 0 heterocycles. The zero-order valence-electron chi connectivity index (χ0n) is 7.90. The number of hydrogen-bond acceptors (Lipinski definition) is 5. The molecule has 0 saturated carbocycles. The first kappa shape index (κ1) is 11.1. The molecule has 15 heavy (non-hydrogen) atoms. The molecular formula is C9H9FN2O3. The maximum Gasteiger partial charge on any atom is 0.338 e. The predicted octanol–water partition coefficient (Wildman–Crippen LogP) is 1.08. The van der Waals surface area contributed by atoms with Crippen molar-refractivity contribution in [2.75, 3.05) is 7.11 Å². The summed E-state index contributed by atoms with van der Waals surface area (Å²) >= 11 is 0. The van der Waals surface area contributed by atoms with Crippen LogP contribution in [0, 0.1) is 0 Å². The molecule has 0 saturated heterocycles. The van der Waals surface area contributed by atoms with Gasteiger partial charge in [0.1, 0.15) is 0 Å². The summed E-state index contributed by atoms with van der Waals surface area (Å²) in [6.45, 7) is 0. The van der Waals surface area contributed by atoms with Crippen LogP contribution in [-0.2, 0) is 4.74 Å². The fourth-order valence-electron chi connectivity index (χ4n) is 1.06. The lowest BCUT2D eigenvalue weighted by Gasteiger charge is -2.04. The predicted molar refractivity (Wildman–Crippen MR) is 50.3 cm³/mol. The van der Waals surface area contributed by atoms with Crippen molar-refractivity contribution in [1.82, 2.24) is 5.59 Å². The first-order chi connectivity index (χ1) is 7.20. The van der Waals surface area contributed by atoms with E-state index in [1.165, 1.54) is 30.9 Å². The summed E-state index contributed by atoms with van der Waals surface area (Å²) in [5.41, 5.74) is 1.30. The number of nitrogens with one attached hydrogen (secondary N) is 1. The van der Waals surface area contributed by atoms with Crippen molar-refractivity contribution >= 4 is 11.9 Å². The van der Waals surface area contributed by atoms with E-state index < -0.39 is 11.9 Å². The van der Waals surface area contributed by atoms with Gasteiger partial charge in [-0.15, -0.1) is 5.10 Å². The lowest BCUT2D eigenvalue weighted by atomic mass is 10.1. The van der Waals surface area contributed by atoms with Crippen molar-refractivity contribution in [2.24, 2.45) is 5.10 Å². The highest BCUT2D eigenvalue weighted by Gasteiger charge is 2.15. The van der Waals surface area contributed by atoms with Crippen LogP contribution in [0.2, 0.25) is 0 Å². The van der Waals surface area contributed by atoms with E-state index in [4.69, 9.17) is 5.21 Å². The van der Waals surface area contributed by atoms with Gasteiger partial charge in [0.25, 0.3) is 0 Å². The maximum atomic E-state index is 13.2. The number of carbonyl (C=O) groups is 1. The first-order valence-electron chi connectivity index (χ1n) is 4.00. The van der Waals surface area contributed by atoms with Crippen molar-refractivity contribution < 1.29 is 19.1 Å². The van der Waals surface area contributed by atoms with Gasteiger partial charge in [-0.1, -0.05) is 12.1 Å². The zero-order chi connectivity index (χ0) is 11.3. The molecule has 0 aliphatic heterocycles. The van der Waals surface area contributed by atoms with Gasteiger partial charge in [-0.2, -0.15) is 9.98 Å². The molecule has 0 radical (unpaired) electrons. The average molecular weight is 212 g/mol. The number of nitrogens with zero attached hydrogens (tertiary/aromatic N) is 1. The summed E-state index contributed by atoms with van der Waals surface area (Å²) in [6, 6.07) is 5.85. The van der Waals surface area contributed by atoms with Crippen molar-refractivity contribution in [1.29, 1.82) is 0 Å². The third-order valence-corrected chi connectivity index (χ3v) is 1.70. The van der Waals surface area contributed by atoms with E-state index in [-0.39, 0.29) is 11.1 Å². The minimum Gasteiger partial charge on any atom is -0.465 e. The second-order valence-electron chi connectivity index (χ2n) is 2.54. The Balaban J connectivity index is 3.17. The lowest BCUT2D eigenvalue weighted by molar-refractivity contribution is 0.0600. The van der Waals surface area contributed by atoms with Crippen LogP contribution in [-0.4, -0.2) is 24.3 Å². The van der Waals surface area contributed by atoms with Crippen LogP contribution in [0.1, 0.15) is 15.9 Å². The van der Waals surface area contributed by atoms with Crippen molar-refractivity contribution in [3.63, 3.8) is 0 Å². The quantitative estimate of drug-likeness (QED) is 0.447. The Morgan fingerprint density at radius 2 is 2.07 bits per heavy atom. The lowest BCUT2D eigenvalue weighted by Crippen LogP contribution is -2.10. The minimum absolute atomic E-state index is 0.0384. The summed E-state index contributed by atoms with van der Waals surface area (Å²) < 4.78 is 17.7. The molecule has 1 rings (SSSR count). The Kier molecular flexibility index (Phi) is 3.75. The van der Waals surface area contributed by atoms with E-state index in [0.717, 1.165) is 0 Å². The molecule has 0 spiro atoms. The molecule has 1 aromatic carbocycles. The summed E-state index contributed by atoms with van der Waals surface area (Å²) in [5, 5.41) is 11.1. The fourth-order valence-corrected chi connectivity index (χ4v) is 1.06. The van der Waals surface area contributed by atoms with Gasteiger partial charge in [0.05, 0.1) is 12.7 Å². The Labute approximate surface area is 85.1 Å². The molecule has 0 unspecified atom stereocenters. The molecule has 0 aliphatic carbocycles. The molecule has 0 aliphatic rings. The van der Waals surface area contributed by atoms with Crippen LogP contribution in [0.15, 0.2) is 29.4 Å². The average Bonchev–Trinajstić information content (AvgIpc) is 2.28. The van der Waals surface area contributed by atoms with Crippen molar-refractivity contribution in [3.8, 4) is 0 Å². The standard InChI is InChI=1S/C9H9FN2O3/c1-15-9(13)7-5-3-2-4-6(7)8(10)11-12-14/h2-5,12,14H,1H3/b11-8-. The molecule has 1 aromatic rings. The molecule has 5 nitrogen and oxygen atoms in total. The van der Waals surface area contributed by atoms with E-state index in [1.54, 1.807) is 6.07 Å². The molecule has 0 atom stereocenters. The molecular weight excluding hydrogens is 203 g/mol. The topological polar surface area (TPSA) is 70.9 Å². The third kappa shape index (κ3) is 2.50. The molecule has 0 fully saturated rings. The smallest absolute Gasteiger partial charge is 0.338 e. The Morgan fingerprint density at radius 3 is 2.60 bits per heavy atom. The van der Waals surface area contributed by atoms with Gasteiger partial charge >= 0.3 is 5.97 Å². The number of methoxy groups -OCH3 is 1. The number of benzene rings is 1. The van der Waals surface area contributed by atoms with Crippen LogP contribution in [0.5, 0.6) is 0 Å². The molecule has 80 valence electrons. The number of ether oxygens (including phenoxy) is 1. The van der Waals surface area contributed by atoms with E-state index in [0.29, 0.717) is 0 Å². The van der Waals surface area contributed by atoms with Crippen LogP contribution in [0.4, 0.5) is 4.39 Å². The molecule has 6 heteroatoms. The number of halogens is 1. The molecule has 0 aromatic heterocycles. The van der Waals surface area contributed by atoms with E-state index in [2.05, 4.69) is 9.84 Å². The number of esters is 1. The van der Waals surface area contributed by atoms with Crippen LogP contribution >= 0.6 is 0 Å². The number of hydrazone groups is 1. The highest BCUT2D eigenvalue weighted by molar-refractivity contribution is 6.04. The van der Waals surface area contributed by atoms with E-state index >= 15 is 0 Å². The summed E-state index contributed by atoms with van der Waals surface area (Å²) in [5.74, 6) is -1.67. The van der Waals surface area contributed by atoms with Crippen molar-refractivity contribution in [2.45, 2.75) is 0 Å². The van der Waals surface area contributed by atoms with E-state index in [1.807, 2.05) is 0 Å². The normalized spacial score (nSPS) is 11.0. The summed E-state index contributed by atoms with van der Waals surface area (Å²) in [6.07, 6.45) is 0. The Morgan fingerprint density at radius 1 is 1.47 bits per heavy atom. The number of hydrogen-bond donors (Lipinski definition) is 2. The van der Waals surface area contributed by atoms with Gasteiger partial charge in [-0.05, 0) is 12.1 Å². The summed E-state index contributed by atoms with van der Waals surface area (Å²) in [7, 11) is 1.19. The molecule has 0 bridgehead atoms. The largest absolute Gasteiger partial charge is 0.465 e. The van der Waals surface area contributed by atoms with E-state index in [9.17, 15) is 9.18 Å². The molecule has 0 amide bonds. The monoisotopic (exact) mass is 212 g/mol. The highest BCUT2D eigenvalue weighted by atomic mass is 19.1. The highest BCUT2D eigenvalue weighted by Crippen LogP contribution is 2.11.